The molecule has 0 aliphatic carbocycles. The normalized spacial score (nSPS) is 11.6. The molecule has 3 nitrogen and oxygen atoms in total. The molecule has 5 heteroatoms. The maximum atomic E-state index is 10.8. The zero-order valence-electron chi connectivity index (χ0n) is 6.48. The highest BCUT2D eigenvalue weighted by Gasteiger charge is 2.12. The average Bonchev–Trinajstić information content (AvgIpc) is 1.92. The van der Waals surface area contributed by atoms with Crippen LogP contribution in [0.1, 0.15) is 5.56 Å². The van der Waals surface area contributed by atoms with Gasteiger partial charge in [-0.05, 0) is 23.9 Å². The first kappa shape index (κ1) is 9.65. The van der Waals surface area contributed by atoms with Gasteiger partial charge in [-0.15, -0.1) is 9.24 Å². The molecule has 0 heterocycles. The largest absolute Gasteiger partial charge is 0.294 e. The second-order valence-electron chi connectivity index (χ2n) is 2.50. The Morgan fingerprint density at radius 1 is 1.42 bits per heavy atom. The second-order valence-corrected chi connectivity index (χ2v) is 4.56. The molecule has 1 atom stereocenters. The van der Waals surface area contributed by atoms with Crippen molar-refractivity contribution >= 4 is 24.7 Å². The number of benzene rings is 1. The summed E-state index contributed by atoms with van der Waals surface area (Å²) in [5.41, 5.74) is 0.545. The Hall–Kier alpha value is -0.440. The summed E-state index contributed by atoms with van der Waals surface area (Å²) in [4.78, 5) is -0.0324. The summed E-state index contributed by atoms with van der Waals surface area (Å²) in [6, 6.07) is 4.81. The van der Waals surface area contributed by atoms with Gasteiger partial charge in [-0.2, -0.15) is 8.42 Å². The van der Waals surface area contributed by atoms with Crippen LogP contribution in [0.4, 0.5) is 0 Å². The van der Waals surface area contributed by atoms with Crippen molar-refractivity contribution in [2.45, 2.75) is 11.8 Å². The molecule has 0 aromatic heterocycles. The molecular weight excluding hydrogens is 195 g/mol. The van der Waals surface area contributed by atoms with Crippen molar-refractivity contribution in [3.05, 3.63) is 23.8 Å². The van der Waals surface area contributed by atoms with Crippen LogP contribution in [0.25, 0.3) is 0 Å². The molecule has 0 amide bonds. The molecular formula is C7H9O3PS. The molecule has 0 fully saturated rings. The van der Waals surface area contributed by atoms with E-state index in [1.165, 1.54) is 6.07 Å². The molecule has 0 spiro atoms. The number of hydrogen-bond donors (Lipinski definition) is 1. The minimum atomic E-state index is -4.07. The van der Waals surface area contributed by atoms with Crippen molar-refractivity contribution in [1.82, 2.24) is 0 Å². The van der Waals surface area contributed by atoms with Crippen LogP contribution in [0, 0.1) is 6.92 Å². The van der Waals surface area contributed by atoms with Gasteiger partial charge in [0.2, 0.25) is 0 Å². The monoisotopic (exact) mass is 204 g/mol. The van der Waals surface area contributed by atoms with Crippen molar-refractivity contribution in [3.8, 4) is 0 Å². The molecule has 66 valence electrons. The van der Waals surface area contributed by atoms with Crippen molar-refractivity contribution < 1.29 is 13.0 Å². The molecule has 0 aliphatic rings. The van der Waals surface area contributed by atoms with Crippen molar-refractivity contribution in [2.75, 3.05) is 0 Å². The Balaban J connectivity index is 3.43. The van der Waals surface area contributed by atoms with Crippen LogP contribution >= 0.6 is 9.24 Å². The SMILES string of the molecule is Cc1ccc(P)cc1S(=O)(=O)O. The van der Waals surface area contributed by atoms with Crippen LogP contribution in [0.2, 0.25) is 0 Å². The van der Waals surface area contributed by atoms with E-state index in [0.717, 1.165) is 5.30 Å². The number of hydrogen-bond acceptors (Lipinski definition) is 2. The van der Waals surface area contributed by atoms with Crippen LogP contribution < -0.4 is 5.30 Å². The topological polar surface area (TPSA) is 54.4 Å². The molecule has 1 N–H and O–H groups in total. The van der Waals surface area contributed by atoms with Gasteiger partial charge in [-0.1, -0.05) is 12.1 Å². The van der Waals surface area contributed by atoms with E-state index >= 15 is 0 Å². The lowest BCUT2D eigenvalue weighted by atomic mass is 10.2. The molecule has 1 unspecified atom stereocenters. The highest BCUT2D eigenvalue weighted by Crippen LogP contribution is 2.13. The van der Waals surface area contributed by atoms with E-state index in [4.69, 9.17) is 4.55 Å². The van der Waals surface area contributed by atoms with Crippen LogP contribution in [0.3, 0.4) is 0 Å². The van der Waals surface area contributed by atoms with Crippen LogP contribution in [0.5, 0.6) is 0 Å². The van der Waals surface area contributed by atoms with Gasteiger partial charge in [-0.25, -0.2) is 0 Å². The molecule has 1 aromatic rings. The number of aryl methyl sites for hydroxylation is 1. The Morgan fingerprint density at radius 3 is 2.42 bits per heavy atom. The Morgan fingerprint density at radius 2 is 2.00 bits per heavy atom. The fraction of sp³-hybridized carbons (Fsp3) is 0.143. The molecule has 0 radical (unpaired) electrons. The average molecular weight is 204 g/mol. The first-order valence-corrected chi connectivity index (χ1v) is 5.26. The minimum absolute atomic E-state index is 0.0324. The third kappa shape index (κ3) is 2.03. The molecule has 12 heavy (non-hydrogen) atoms. The molecule has 0 bridgehead atoms. The van der Waals surface area contributed by atoms with Crippen molar-refractivity contribution in [2.24, 2.45) is 0 Å². The zero-order chi connectivity index (χ0) is 9.35. The fourth-order valence-corrected chi connectivity index (χ4v) is 2.04. The quantitative estimate of drug-likeness (QED) is 0.542. The van der Waals surface area contributed by atoms with Gasteiger partial charge in [0.1, 0.15) is 0 Å². The Bertz CT molecular complexity index is 397. The maximum absolute atomic E-state index is 10.8. The van der Waals surface area contributed by atoms with Gasteiger partial charge in [0.05, 0.1) is 4.90 Å². The maximum Gasteiger partial charge on any atom is 0.294 e. The first-order chi connectivity index (χ1) is 5.41. The second kappa shape index (κ2) is 3.13. The minimum Gasteiger partial charge on any atom is -0.282 e. The zero-order valence-corrected chi connectivity index (χ0v) is 8.45. The van der Waals surface area contributed by atoms with E-state index < -0.39 is 10.1 Å². The lowest BCUT2D eigenvalue weighted by Gasteiger charge is -2.02. The van der Waals surface area contributed by atoms with Crippen molar-refractivity contribution in [3.63, 3.8) is 0 Å². The van der Waals surface area contributed by atoms with E-state index in [9.17, 15) is 8.42 Å². The molecule has 1 aromatic carbocycles. The number of rotatable bonds is 1. The predicted octanol–water partition coefficient (Wildman–Crippen LogP) is 0.742. The third-order valence-corrected chi connectivity index (χ3v) is 2.84. The Kier molecular flexibility index (Phi) is 2.52. The fourth-order valence-electron chi connectivity index (χ4n) is 0.895. The summed E-state index contributed by atoms with van der Waals surface area (Å²) < 4.78 is 30.3. The van der Waals surface area contributed by atoms with Gasteiger partial charge in [0.25, 0.3) is 10.1 Å². The van der Waals surface area contributed by atoms with E-state index in [0.29, 0.717) is 5.56 Å². The Labute approximate surface area is 73.8 Å². The van der Waals surface area contributed by atoms with Gasteiger partial charge in [-0.3, -0.25) is 4.55 Å². The standard InChI is InChI=1S/C7H9O3PS/c1-5-2-3-6(11)4-7(5)12(8,9)10/h2-4H,11H2,1H3,(H,8,9,10). The summed E-state index contributed by atoms with van der Waals surface area (Å²) in [5.74, 6) is 0. The lowest BCUT2D eigenvalue weighted by Crippen LogP contribution is -2.04. The smallest absolute Gasteiger partial charge is 0.282 e. The molecule has 0 aliphatic heterocycles. The molecule has 1 rings (SSSR count). The van der Waals surface area contributed by atoms with Crippen molar-refractivity contribution in [1.29, 1.82) is 0 Å². The summed E-state index contributed by atoms with van der Waals surface area (Å²) in [5, 5.41) is 0.730. The summed E-state index contributed by atoms with van der Waals surface area (Å²) in [6.45, 7) is 1.63. The summed E-state index contributed by atoms with van der Waals surface area (Å²) in [7, 11) is -1.70. The van der Waals surface area contributed by atoms with Gasteiger partial charge >= 0.3 is 0 Å². The summed E-state index contributed by atoms with van der Waals surface area (Å²) in [6.07, 6.45) is 0. The highest BCUT2D eigenvalue weighted by atomic mass is 32.2. The van der Waals surface area contributed by atoms with E-state index in [2.05, 4.69) is 9.24 Å². The molecule has 0 saturated heterocycles. The third-order valence-electron chi connectivity index (χ3n) is 1.49. The van der Waals surface area contributed by atoms with Gasteiger partial charge in [0, 0.05) is 0 Å². The summed E-state index contributed by atoms with van der Waals surface area (Å²) >= 11 is 0. The first-order valence-electron chi connectivity index (χ1n) is 3.25. The van der Waals surface area contributed by atoms with E-state index in [1.807, 2.05) is 0 Å². The van der Waals surface area contributed by atoms with Gasteiger partial charge < -0.3 is 0 Å². The van der Waals surface area contributed by atoms with Crippen LogP contribution in [-0.2, 0) is 10.1 Å². The highest BCUT2D eigenvalue weighted by molar-refractivity contribution is 7.85. The lowest BCUT2D eigenvalue weighted by molar-refractivity contribution is 0.482. The van der Waals surface area contributed by atoms with Crippen LogP contribution in [-0.4, -0.2) is 13.0 Å². The molecule has 0 saturated carbocycles. The predicted molar refractivity (Wildman–Crippen MR) is 50.3 cm³/mol. The van der Waals surface area contributed by atoms with Gasteiger partial charge in [0.15, 0.2) is 0 Å². The van der Waals surface area contributed by atoms with E-state index in [1.54, 1.807) is 19.1 Å². The van der Waals surface area contributed by atoms with E-state index in [-0.39, 0.29) is 4.90 Å². The van der Waals surface area contributed by atoms with Crippen LogP contribution in [0.15, 0.2) is 23.1 Å².